The average molecular weight is 476 g/mol. The number of benzene rings is 2. The molecule has 2 heterocycles. The van der Waals surface area contributed by atoms with Crippen molar-refractivity contribution >= 4 is 44.8 Å². The summed E-state index contributed by atoms with van der Waals surface area (Å²) < 4.78 is 19.4. The number of nitrogens with one attached hydrogen (secondary N) is 1. The van der Waals surface area contributed by atoms with Crippen molar-refractivity contribution in [2.75, 3.05) is 12.4 Å². The highest BCUT2D eigenvalue weighted by molar-refractivity contribution is 9.10. The fourth-order valence-corrected chi connectivity index (χ4v) is 5.30. The molecular formula is C21H15BrFNO4S. The molecule has 1 aliphatic rings. The topological polar surface area (TPSA) is 75.6 Å². The second-order valence-electron chi connectivity index (χ2n) is 6.56. The van der Waals surface area contributed by atoms with Crippen LogP contribution in [0.2, 0.25) is 0 Å². The molecule has 2 aromatic carbocycles. The molecule has 1 aromatic heterocycles. The second kappa shape index (κ2) is 7.61. The van der Waals surface area contributed by atoms with E-state index in [2.05, 4.69) is 21.2 Å². The van der Waals surface area contributed by atoms with Crippen molar-refractivity contribution in [2.45, 2.75) is 12.3 Å². The molecule has 0 saturated carbocycles. The van der Waals surface area contributed by atoms with Gasteiger partial charge in [-0.15, -0.1) is 11.3 Å². The number of hydrogen-bond donors (Lipinski definition) is 2. The van der Waals surface area contributed by atoms with Crippen LogP contribution in [-0.2, 0) is 4.79 Å². The van der Waals surface area contributed by atoms with E-state index in [1.807, 2.05) is 12.1 Å². The first-order chi connectivity index (χ1) is 13.9. The molecule has 0 spiro atoms. The van der Waals surface area contributed by atoms with E-state index >= 15 is 0 Å². The van der Waals surface area contributed by atoms with Gasteiger partial charge >= 0.3 is 5.97 Å². The predicted octanol–water partition coefficient (Wildman–Crippen LogP) is 5.50. The van der Waals surface area contributed by atoms with Crippen LogP contribution in [0.3, 0.4) is 0 Å². The Morgan fingerprint density at radius 3 is 2.62 bits per heavy atom. The SMILES string of the molecule is COc1ccc(C2CC(=O)Nc3c2sc(C(=O)O)c3-c2ccc(F)cc2)cc1Br. The zero-order valence-electron chi connectivity index (χ0n) is 15.2. The van der Waals surface area contributed by atoms with Gasteiger partial charge in [0.25, 0.3) is 0 Å². The third kappa shape index (κ3) is 3.54. The number of carboxylic acid groups (broad SMARTS) is 1. The lowest BCUT2D eigenvalue weighted by Gasteiger charge is -2.24. The third-order valence-electron chi connectivity index (χ3n) is 4.81. The molecule has 1 atom stereocenters. The number of carbonyl (C=O) groups is 2. The van der Waals surface area contributed by atoms with Crippen molar-refractivity contribution in [1.82, 2.24) is 0 Å². The van der Waals surface area contributed by atoms with Crippen molar-refractivity contribution in [3.8, 4) is 16.9 Å². The van der Waals surface area contributed by atoms with Crippen LogP contribution in [0.4, 0.5) is 10.1 Å². The van der Waals surface area contributed by atoms with Crippen molar-refractivity contribution in [3.63, 3.8) is 0 Å². The van der Waals surface area contributed by atoms with Gasteiger partial charge in [-0.3, -0.25) is 4.79 Å². The molecule has 0 radical (unpaired) electrons. The number of halogens is 2. The summed E-state index contributed by atoms with van der Waals surface area (Å²) in [5, 5.41) is 12.6. The first kappa shape index (κ1) is 19.6. The van der Waals surface area contributed by atoms with Gasteiger partial charge in [-0.05, 0) is 51.3 Å². The van der Waals surface area contributed by atoms with Gasteiger partial charge in [-0.1, -0.05) is 18.2 Å². The normalized spacial score (nSPS) is 15.6. The maximum Gasteiger partial charge on any atom is 0.346 e. The van der Waals surface area contributed by atoms with Crippen LogP contribution in [0.5, 0.6) is 5.75 Å². The number of rotatable bonds is 4. The fraction of sp³-hybridized carbons (Fsp3) is 0.143. The zero-order chi connectivity index (χ0) is 20.7. The number of methoxy groups -OCH3 is 1. The van der Waals surface area contributed by atoms with Gasteiger partial charge in [-0.2, -0.15) is 0 Å². The largest absolute Gasteiger partial charge is 0.496 e. The van der Waals surface area contributed by atoms with Gasteiger partial charge in [0, 0.05) is 22.8 Å². The summed E-state index contributed by atoms with van der Waals surface area (Å²) in [4.78, 5) is 25.3. The van der Waals surface area contributed by atoms with Crippen LogP contribution in [0, 0.1) is 5.82 Å². The maximum absolute atomic E-state index is 13.4. The smallest absolute Gasteiger partial charge is 0.346 e. The number of thiophene rings is 1. The van der Waals surface area contributed by atoms with E-state index in [0.29, 0.717) is 22.6 Å². The molecule has 5 nitrogen and oxygen atoms in total. The molecule has 0 fully saturated rings. The van der Waals surface area contributed by atoms with Crippen LogP contribution in [0.25, 0.3) is 11.1 Å². The Kier molecular flexibility index (Phi) is 5.14. The Hall–Kier alpha value is -2.71. The van der Waals surface area contributed by atoms with Gasteiger partial charge in [0.05, 0.1) is 17.3 Å². The van der Waals surface area contributed by atoms with Gasteiger partial charge in [-0.25, -0.2) is 9.18 Å². The first-order valence-corrected chi connectivity index (χ1v) is 10.3. The van der Waals surface area contributed by atoms with Crippen molar-refractivity contribution in [3.05, 3.63) is 68.1 Å². The van der Waals surface area contributed by atoms with Crippen molar-refractivity contribution in [2.24, 2.45) is 0 Å². The quantitative estimate of drug-likeness (QED) is 0.522. The number of amides is 1. The lowest BCUT2D eigenvalue weighted by molar-refractivity contribution is -0.116. The molecule has 0 saturated heterocycles. The molecule has 148 valence electrons. The fourth-order valence-electron chi connectivity index (χ4n) is 3.50. The van der Waals surface area contributed by atoms with E-state index in [1.54, 1.807) is 13.2 Å². The summed E-state index contributed by atoms with van der Waals surface area (Å²) in [5.41, 5.74) is 2.30. The standard InChI is InChI=1S/C21H15BrFNO4S/c1-28-15-7-4-11(8-14(15)22)13-9-16(25)24-18-17(10-2-5-12(23)6-3-10)20(21(26)27)29-19(13)18/h2-8,13H,9H2,1H3,(H,24,25)(H,26,27). The van der Waals surface area contributed by atoms with Crippen LogP contribution >= 0.6 is 27.3 Å². The number of fused-ring (bicyclic) bond motifs is 1. The molecule has 0 aliphatic carbocycles. The summed E-state index contributed by atoms with van der Waals surface area (Å²) in [6, 6.07) is 11.1. The highest BCUT2D eigenvalue weighted by atomic mass is 79.9. The van der Waals surface area contributed by atoms with E-state index in [4.69, 9.17) is 4.74 Å². The summed E-state index contributed by atoms with van der Waals surface area (Å²) in [7, 11) is 1.57. The minimum Gasteiger partial charge on any atom is -0.496 e. The van der Waals surface area contributed by atoms with E-state index in [0.717, 1.165) is 26.3 Å². The van der Waals surface area contributed by atoms with Crippen LogP contribution in [0.15, 0.2) is 46.9 Å². The minimum atomic E-state index is -1.09. The highest BCUT2D eigenvalue weighted by Crippen LogP contribution is 2.49. The van der Waals surface area contributed by atoms with E-state index in [-0.39, 0.29) is 23.1 Å². The molecule has 1 amide bonds. The van der Waals surface area contributed by atoms with E-state index in [9.17, 15) is 19.1 Å². The maximum atomic E-state index is 13.4. The van der Waals surface area contributed by atoms with Crippen LogP contribution in [-0.4, -0.2) is 24.1 Å². The molecule has 8 heteroatoms. The molecule has 0 bridgehead atoms. The molecule has 29 heavy (non-hydrogen) atoms. The number of hydrogen-bond acceptors (Lipinski definition) is 4. The first-order valence-electron chi connectivity index (χ1n) is 8.68. The molecule has 2 N–H and O–H groups in total. The van der Waals surface area contributed by atoms with Crippen LogP contribution < -0.4 is 10.1 Å². The zero-order valence-corrected chi connectivity index (χ0v) is 17.6. The Morgan fingerprint density at radius 1 is 1.28 bits per heavy atom. The molecule has 3 aromatic rings. The average Bonchev–Trinajstić information content (AvgIpc) is 3.07. The van der Waals surface area contributed by atoms with Gasteiger partial charge < -0.3 is 15.2 Å². The Labute approximate surface area is 178 Å². The molecular weight excluding hydrogens is 461 g/mol. The van der Waals surface area contributed by atoms with Gasteiger partial charge in [0.15, 0.2) is 0 Å². The summed E-state index contributed by atoms with van der Waals surface area (Å²) >= 11 is 4.60. The van der Waals surface area contributed by atoms with Gasteiger partial charge in [0.2, 0.25) is 5.91 Å². The van der Waals surface area contributed by atoms with E-state index < -0.39 is 11.8 Å². The Morgan fingerprint density at radius 2 is 2.00 bits per heavy atom. The van der Waals surface area contributed by atoms with Crippen LogP contribution in [0.1, 0.15) is 32.5 Å². The Bertz CT molecular complexity index is 1130. The lowest BCUT2D eigenvalue weighted by Crippen LogP contribution is -2.22. The summed E-state index contributed by atoms with van der Waals surface area (Å²) in [6.45, 7) is 0. The number of aromatic carboxylic acids is 1. The lowest BCUT2D eigenvalue weighted by atomic mass is 9.88. The number of carboxylic acids is 1. The highest BCUT2D eigenvalue weighted by Gasteiger charge is 2.34. The third-order valence-corrected chi connectivity index (χ3v) is 6.72. The van der Waals surface area contributed by atoms with E-state index in [1.165, 1.54) is 24.3 Å². The monoisotopic (exact) mass is 475 g/mol. The van der Waals surface area contributed by atoms with Crippen molar-refractivity contribution < 1.29 is 23.8 Å². The summed E-state index contributed by atoms with van der Waals surface area (Å²) in [5.74, 6) is -1.34. The minimum absolute atomic E-state index is 0.112. The Balaban J connectivity index is 1.90. The molecule has 4 rings (SSSR count). The molecule has 1 aliphatic heterocycles. The number of anilines is 1. The number of carbonyl (C=O) groups excluding carboxylic acids is 1. The summed E-state index contributed by atoms with van der Waals surface area (Å²) in [6.07, 6.45) is 0.203. The van der Waals surface area contributed by atoms with Gasteiger partial charge in [0.1, 0.15) is 16.4 Å². The number of ether oxygens (including phenoxy) is 1. The predicted molar refractivity (Wildman–Crippen MR) is 112 cm³/mol. The van der Waals surface area contributed by atoms with Crippen molar-refractivity contribution in [1.29, 1.82) is 0 Å². The second-order valence-corrected chi connectivity index (χ2v) is 8.46. The molecule has 1 unspecified atom stereocenters.